The molecule has 2 unspecified atom stereocenters. The molecule has 0 aromatic heterocycles. The number of benzene rings is 1. The van der Waals surface area contributed by atoms with Gasteiger partial charge in [-0.3, -0.25) is 4.79 Å². The zero-order valence-electron chi connectivity index (χ0n) is 12.7. The number of hydrogen-bond donors (Lipinski definition) is 3. The third kappa shape index (κ3) is 2.87. The second-order valence-corrected chi connectivity index (χ2v) is 7.74. The van der Waals surface area contributed by atoms with Crippen LogP contribution in [0.5, 0.6) is 0 Å². The van der Waals surface area contributed by atoms with Crippen LogP contribution in [0, 0.1) is 5.41 Å². The molecule has 1 spiro atoms. The summed E-state index contributed by atoms with van der Waals surface area (Å²) >= 11 is 1.27. The average molecular weight is 357 g/mol. The molecule has 3 N–H and O–H groups in total. The zero-order chi connectivity index (χ0) is 15.3. The maximum Gasteiger partial charge on any atom is 0.227 e. The fraction of sp³-hybridized carbons (Fsp3) is 0.562. The van der Waals surface area contributed by atoms with Crippen molar-refractivity contribution in [2.75, 3.05) is 24.5 Å². The van der Waals surface area contributed by atoms with Gasteiger partial charge in [0, 0.05) is 23.5 Å². The predicted octanol–water partition coefficient (Wildman–Crippen LogP) is 1.67. The number of fused-ring (bicyclic) bond motifs is 1. The summed E-state index contributed by atoms with van der Waals surface area (Å²) < 4.78 is 0. The highest BCUT2D eigenvalue weighted by atomic mass is 35.5. The molecular formula is C16H21ClN2O3S. The van der Waals surface area contributed by atoms with E-state index in [1.165, 1.54) is 11.8 Å². The summed E-state index contributed by atoms with van der Waals surface area (Å²) in [5.41, 5.74) is 0.867. The number of thioether (sulfide) groups is 1. The van der Waals surface area contributed by atoms with Gasteiger partial charge in [0.15, 0.2) is 0 Å². The molecule has 126 valence electrons. The number of aliphatic hydroxyl groups is 2. The Kier molecular flexibility index (Phi) is 4.64. The van der Waals surface area contributed by atoms with Gasteiger partial charge in [0.25, 0.3) is 0 Å². The lowest BCUT2D eigenvalue weighted by atomic mass is 9.78. The highest BCUT2D eigenvalue weighted by Crippen LogP contribution is 2.46. The summed E-state index contributed by atoms with van der Waals surface area (Å²) in [5.74, 6) is 0.169. The third-order valence-electron chi connectivity index (χ3n) is 5.13. The van der Waals surface area contributed by atoms with E-state index in [1.807, 2.05) is 23.1 Å². The van der Waals surface area contributed by atoms with Crippen molar-refractivity contribution in [1.82, 2.24) is 5.32 Å². The van der Waals surface area contributed by atoms with Gasteiger partial charge in [0.05, 0.1) is 0 Å². The van der Waals surface area contributed by atoms with Crippen LogP contribution < -0.4 is 10.2 Å². The Hall–Kier alpha value is -0.790. The minimum atomic E-state index is -0.870. The molecule has 3 aliphatic rings. The van der Waals surface area contributed by atoms with Crippen molar-refractivity contribution in [2.24, 2.45) is 5.41 Å². The SMILES string of the molecule is Cl.O=C1CC2(CCNCC2)CN1c1ccc2c(c1)C(O)C(O)S2. The first kappa shape index (κ1) is 17.0. The van der Waals surface area contributed by atoms with Crippen LogP contribution in [0.25, 0.3) is 0 Å². The van der Waals surface area contributed by atoms with E-state index < -0.39 is 11.5 Å². The fourth-order valence-corrected chi connectivity index (χ4v) is 4.81. The highest BCUT2D eigenvalue weighted by molar-refractivity contribution is 8.00. The van der Waals surface area contributed by atoms with Gasteiger partial charge in [0.1, 0.15) is 11.5 Å². The van der Waals surface area contributed by atoms with Crippen LogP contribution >= 0.6 is 24.2 Å². The predicted molar refractivity (Wildman–Crippen MR) is 92.0 cm³/mol. The van der Waals surface area contributed by atoms with Gasteiger partial charge in [-0.05, 0) is 55.1 Å². The van der Waals surface area contributed by atoms with Crippen LogP contribution in [0.2, 0.25) is 0 Å². The standard InChI is InChI=1S/C16H20N2O3S.ClH/c19-13-8-16(3-5-17-6-4-16)9-18(13)10-1-2-12-11(7-10)14(20)15(21)22-12;/h1-2,7,14-15,17,20-21H,3-6,8-9H2;1H. The topological polar surface area (TPSA) is 72.8 Å². The van der Waals surface area contributed by atoms with E-state index in [4.69, 9.17) is 0 Å². The molecule has 3 heterocycles. The number of nitrogens with zero attached hydrogens (tertiary/aromatic N) is 1. The van der Waals surface area contributed by atoms with Gasteiger partial charge in [0.2, 0.25) is 5.91 Å². The number of rotatable bonds is 1. The fourth-order valence-electron chi connectivity index (χ4n) is 3.81. The van der Waals surface area contributed by atoms with E-state index in [9.17, 15) is 15.0 Å². The summed E-state index contributed by atoms with van der Waals surface area (Å²) in [4.78, 5) is 15.2. The molecule has 2 fully saturated rings. The quantitative estimate of drug-likeness (QED) is 0.714. The van der Waals surface area contributed by atoms with E-state index in [0.29, 0.717) is 6.42 Å². The van der Waals surface area contributed by atoms with Crippen molar-refractivity contribution >= 4 is 35.8 Å². The first-order valence-electron chi connectivity index (χ1n) is 7.76. The van der Waals surface area contributed by atoms with Crippen molar-refractivity contribution < 1.29 is 15.0 Å². The molecule has 2 atom stereocenters. The molecule has 7 heteroatoms. The summed E-state index contributed by atoms with van der Waals surface area (Å²) in [7, 11) is 0. The van der Waals surface area contributed by atoms with E-state index in [2.05, 4.69) is 5.32 Å². The van der Waals surface area contributed by atoms with Crippen LogP contribution in [0.4, 0.5) is 5.69 Å². The molecular weight excluding hydrogens is 336 g/mol. The van der Waals surface area contributed by atoms with Crippen molar-refractivity contribution in [1.29, 1.82) is 0 Å². The molecule has 1 amide bonds. The van der Waals surface area contributed by atoms with Gasteiger partial charge in [-0.25, -0.2) is 0 Å². The van der Waals surface area contributed by atoms with Gasteiger partial charge >= 0.3 is 0 Å². The summed E-state index contributed by atoms with van der Waals surface area (Å²) in [5, 5.41) is 23.2. The molecule has 0 aliphatic carbocycles. The van der Waals surface area contributed by atoms with Crippen LogP contribution in [0.15, 0.2) is 23.1 Å². The summed E-state index contributed by atoms with van der Waals surface area (Å²) in [6, 6.07) is 5.69. The molecule has 2 saturated heterocycles. The number of carbonyl (C=O) groups is 1. The largest absolute Gasteiger partial charge is 0.385 e. The van der Waals surface area contributed by atoms with Gasteiger partial charge in [-0.15, -0.1) is 12.4 Å². The van der Waals surface area contributed by atoms with Crippen molar-refractivity contribution in [3.8, 4) is 0 Å². The van der Waals surface area contributed by atoms with Crippen LogP contribution in [0.1, 0.15) is 30.9 Å². The lowest BCUT2D eigenvalue weighted by molar-refractivity contribution is -0.117. The number of anilines is 1. The van der Waals surface area contributed by atoms with Crippen LogP contribution in [0.3, 0.4) is 0 Å². The Morgan fingerprint density at radius 3 is 2.74 bits per heavy atom. The number of amides is 1. The third-order valence-corrected chi connectivity index (χ3v) is 6.25. The smallest absolute Gasteiger partial charge is 0.227 e. The van der Waals surface area contributed by atoms with E-state index in [1.54, 1.807) is 0 Å². The molecule has 4 rings (SSSR count). The second kappa shape index (κ2) is 6.26. The molecule has 5 nitrogen and oxygen atoms in total. The maximum atomic E-state index is 12.5. The Labute approximate surface area is 145 Å². The zero-order valence-corrected chi connectivity index (χ0v) is 14.3. The Morgan fingerprint density at radius 2 is 2.00 bits per heavy atom. The van der Waals surface area contributed by atoms with Crippen molar-refractivity contribution in [3.63, 3.8) is 0 Å². The average Bonchev–Trinajstić information content (AvgIpc) is 2.98. The number of piperidine rings is 1. The lowest BCUT2D eigenvalue weighted by Gasteiger charge is -2.33. The molecule has 1 aromatic carbocycles. The minimum absolute atomic E-state index is 0. The number of hydrogen-bond acceptors (Lipinski definition) is 5. The van der Waals surface area contributed by atoms with Crippen molar-refractivity contribution in [3.05, 3.63) is 23.8 Å². The van der Waals surface area contributed by atoms with Gasteiger partial charge in [-0.2, -0.15) is 0 Å². The number of aliphatic hydroxyl groups excluding tert-OH is 2. The first-order chi connectivity index (χ1) is 10.6. The molecule has 23 heavy (non-hydrogen) atoms. The number of carbonyl (C=O) groups excluding carboxylic acids is 1. The van der Waals surface area contributed by atoms with Crippen molar-refractivity contribution in [2.45, 2.75) is 35.7 Å². The van der Waals surface area contributed by atoms with Crippen LogP contribution in [-0.4, -0.2) is 41.2 Å². The monoisotopic (exact) mass is 356 g/mol. The molecule has 0 radical (unpaired) electrons. The highest BCUT2D eigenvalue weighted by Gasteiger charge is 2.44. The van der Waals surface area contributed by atoms with Gasteiger partial charge < -0.3 is 20.4 Å². The lowest BCUT2D eigenvalue weighted by Crippen LogP contribution is -2.38. The normalized spacial score (nSPS) is 28.8. The minimum Gasteiger partial charge on any atom is -0.385 e. The Balaban J connectivity index is 0.00000156. The van der Waals surface area contributed by atoms with Crippen LogP contribution in [-0.2, 0) is 4.79 Å². The van der Waals surface area contributed by atoms with E-state index in [-0.39, 0.29) is 23.7 Å². The van der Waals surface area contributed by atoms with Gasteiger partial charge in [-0.1, -0.05) is 11.8 Å². The van der Waals surface area contributed by atoms with E-state index in [0.717, 1.165) is 48.6 Å². The Morgan fingerprint density at radius 1 is 1.26 bits per heavy atom. The van der Waals surface area contributed by atoms with E-state index >= 15 is 0 Å². The number of halogens is 1. The molecule has 1 aromatic rings. The second-order valence-electron chi connectivity index (χ2n) is 6.58. The maximum absolute atomic E-state index is 12.5. The summed E-state index contributed by atoms with van der Waals surface area (Å²) in [6.45, 7) is 2.72. The summed E-state index contributed by atoms with van der Waals surface area (Å²) in [6.07, 6.45) is 1.82. The molecule has 0 saturated carbocycles. The number of nitrogens with one attached hydrogen (secondary N) is 1. The Bertz CT molecular complexity index is 621. The first-order valence-corrected chi connectivity index (χ1v) is 8.64. The molecule has 3 aliphatic heterocycles. The molecule has 0 bridgehead atoms.